The molecule has 1 aliphatic heterocycles. The van der Waals surface area contributed by atoms with E-state index in [4.69, 9.17) is 4.74 Å². The van der Waals surface area contributed by atoms with Gasteiger partial charge in [-0.25, -0.2) is 4.79 Å². The Bertz CT molecular complexity index is 677. The maximum Gasteiger partial charge on any atom is 0.341 e. The zero-order valence-corrected chi connectivity index (χ0v) is 17.7. The lowest BCUT2D eigenvalue weighted by Crippen LogP contribution is -3.13. The molecule has 0 aromatic carbocycles. The smallest absolute Gasteiger partial charge is 0.341 e. The van der Waals surface area contributed by atoms with Gasteiger partial charge in [-0.15, -0.1) is 11.3 Å². The van der Waals surface area contributed by atoms with Crippen molar-refractivity contribution in [3.8, 4) is 0 Å². The van der Waals surface area contributed by atoms with Crippen molar-refractivity contribution in [3.05, 3.63) is 16.0 Å². The van der Waals surface area contributed by atoms with Crippen LogP contribution < -0.4 is 10.2 Å². The molecule has 0 bridgehead atoms. The molecule has 6 heteroatoms. The van der Waals surface area contributed by atoms with Crippen molar-refractivity contribution >= 4 is 28.2 Å². The molecular formula is C21H33N2O3S+. The normalized spacial score (nSPS) is 24.9. The molecule has 2 aliphatic rings. The summed E-state index contributed by atoms with van der Waals surface area (Å²) in [7, 11) is 0. The number of rotatable bonds is 6. The number of quaternary nitrogens is 1. The first-order valence-electron chi connectivity index (χ1n) is 10.4. The molecule has 1 amide bonds. The Labute approximate surface area is 166 Å². The van der Waals surface area contributed by atoms with Gasteiger partial charge >= 0.3 is 5.97 Å². The number of carbonyl (C=O) groups excluding carboxylic acids is 2. The highest BCUT2D eigenvalue weighted by Crippen LogP contribution is 2.40. The van der Waals surface area contributed by atoms with E-state index in [-0.39, 0.29) is 11.9 Å². The molecule has 0 unspecified atom stereocenters. The van der Waals surface area contributed by atoms with Crippen molar-refractivity contribution in [1.82, 2.24) is 0 Å². The Balaban J connectivity index is 1.66. The number of piperidine rings is 1. The van der Waals surface area contributed by atoms with Gasteiger partial charge < -0.3 is 15.0 Å². The Kier molecular flexibility index (Phi) is 6.93. The Morgan fingerprint density at radius 1 is 1.19 bits per heavy atom. The van der Waals surface area contributed by atoms with Gasteiger partial charge in [0.15, 0.2) is 0 Å². The lowest BCUT2D eigenvalue weighted by molar-refractivity contribution is -0.905. The van der Waals surface area contributed by atoms with E-state index < -0.39 is 0 Å². The second kappa shape index (κ2) is 9.20. The average molecular weight is 394 g/mol. The van der Waals surface area contributed by atoms with Gasteiger partial charge in [-0.05, 0) is 56.4 Å². The van der Waals surface area contributed by atoms with Gasteiger partial charge in [0.25, 0.3) is 0 Å². The molecule has 3 rings (SSSR count). The zero-order valence-electron chi connectivity index (χ0n) is 16.9. The van der Waals surface area contributed by atoms with E-state index >= 15 is 0 Å². The summed E-state index contributed by atoms with van der Waals surface area (Å²) in [5.74, 6) is 1.16. The standard InChI is InChI=1S/C21H32N2O3S/c1-4-26-21(25)19-16-6-5-15(3)13-17(16)27-20(19)22-18(24)9-12-23-10-7-14(2)8-11-23/h14-15H,4-13H2,1-3H3,(H,22,24)/p+1/t15-/m0/s1. The second-order valence-electron chi connectivity index (χ2n) is 8.26. The number of hydrogen-bond donors (Lipinski definition) is 2. The zero-order chi connectivity index (χ0) is 19.4. The summed E-state index contributed by atoms with van der Waals surface area (Å²) in [5, 5.41) is 3.73. The van der Waals surface area contributed by atoms with Crippen LogP contribution in [0.25, 0.3) is 0 Å². The second-order valence-corrected chi connectivity index (χ2v) is 9.36. The summed E-state index contributed by atoms with van der Waals surface area (Å²) in [6, 6.07) is 0. The first-order chi connectivity index (χ1) is 13.0. The molecule has 5 nitrogen and oxygen atoms in total. The number of amides is 1. The first kappa shape index (κ1) is 20.3. The van der Waals surface area contributed by atoms with Crippen LogP contribution in [-0.2, 0) is 22.4 Å². The van der Waals surface area contributed by atoms with Crippen LogP contribution in [0.1, 0.15) is 67.3 Å². The van der Waals surface area contributed by atoms with Gasteiger partial charge in [0, 0.05) is 4.88 Å². The number of thiophene rings is 1. The van der Waals surface area contributed by atoms with Crippen molar-refractivity contribution in [2.75, 3.05) is 31.6 Å². The number of nitrogens with one attached hydrogen (secondary N) is 2. The van der Waals surface area contributed by atoms with Crippen LogP contribution in [0.4, 0.5) is 5.00 Å². The number of ether oxygens (including phenoxy) is 1. The Morgan fingerprint density at radius 3 is 2.63 bits per heavy atom. The fourth-order valence-corrected chi connectivity index (χ4v) is 5.57. The third kappa shape index (κ3) is 5.11. The molecule has 1 aromatic heterocycles. The van der Waals surface area contributed by atoms with Crippen LogP contribution in [0.2, 0.25) is 0 Å². The summed E-state index contributed by atoms with van der Waals surface area (Å²) in [6.45, 7) is 9.91. The molecule has 0 saturated carbocycles. The van der Waals surface area contributed by atoms with E-state index in [1.807, 2.05) is 6.92 Å². The van der Waals surface area contributed by atoms with E-state index in [0.717, 1.165) is 50.4 Å². The van der Waals surface area contributed by atoms with Crippen LogP contribution in [-0.4, -0.2) is 38.1 Å². The van der Waals surface area contributed by atoms with E-state index in [0.29, 0.717) is 29.5 Å². The first-order valence-corrected chi connectivity index (χ1v) is 11.2. The van der Waals surface area contributed by atoms with Crippen LogP contribution in [0.5, 0.6) is 0 Å². The molecule has 1 aromatic rings. The lowest BCUT2D eigenvalue weighted by atomic mass is 9.88. The summed E-state index contributed by atoms with van der Waals surface area (Å²) in [5.41, 5.74) is 1.71. The number of esters is 1. The van der Waals surface area contributed by atoms with Crippen molar-refractivity contribution in [1.29, 1.82) is 0 Å². The highest BCUT2D eigenvalue weighted by atomic mass is 32.1. The molecule has 1 atom stereocenters. The molecule has 1 fully saturated rings. The van der Waals surface area contributed by atoms with Crippen LogP contribution in [0.15, 0.2) is 0 Å². The molecule has 0 radical (unpaired) electrons. The molecule has 2 heterocycles. The molecule has 2 N–H and O–H groups in total. The minimum atomic E-state index is -0.296. The Hall–Kier alpha value is -1.40. The average Bonchev–Trinajstić information content (AvgIpc) is 2.98. The van der Waals surface area contributed by atoms with E-state index in [1.165, 1.54) is 22.6 Å². The van der Waals surface area contributed by atoms with Crippen molar-refractivity contribution < 1.29 is 19.2 Å². The van der Waals surface area contributed by atoms with Gasteiger partial charge in [0.1, 0.15) is 5.00 Å². The predicted molar refractivity (Wildman–Crippen MR) is 109 cm³/mol. The molecular weight excluding hydrogens is 360 g/mol. The highest BCUT2D eigenvalue weighted by Gasteiger charge is 2.29. The van der Waals surface area contributed by atoms with Gasteiger partial charge in [-0.2, -0.15) is 0 Å². The number of anilines is 1. The minimum absolute atomic E-state index is 0.0123. The van der Waals surface area contributed by atoms with Gasteiger partial charge in [-0.1, -0.05) is 13.8 Å². The third-order valence-electron chi connectivity index (χ3n) is 5.93. The minimum Gasteiger partial charge on any atom is -0.462 e. The summed E-state index contributed by atoms with van der Waals surface area (Å²) < 4.78 is 5.28. The topological polar surface area (TPSA) is 59.8 Å². The molecule has 1 saturated heterocycles. The van der Waals surface area contributed by atoms with Crippen LogP contribution in [0, 0.1) is 11.8 Å². The van der Waals surface area contributed by atoms with Crippen LogP contribution >= 0.6 is 11.3 Å². The number of fused-ring (bicyclic) bond motifs is 1. The number of likely N-dealkylation sites (tertiary alicyclic amines) is 1. The van der Waals surface area contributed by atoms with Gasteiger partial charge in [0.05, 0.1) is 38.2 Å². The Morgan fingerprint density at radius 2 is 1.93 bits per heavy atom. The number of hydrogen-bond acceptors (Lipinski definition) is 4. The highest BCUT2D eigenvalue weighted by molar-refractivity contribution is 7.17. The van der Waals surface area contributed by atoms with Crippen LogP contribution in [0.3, 0.4) is 0 Å². The fraction of sp³-hybridized carbons (Fsp3) is 0.714. The monoisotopic (exact) mass is 393 g/mol. The summed E-state index contributed by atoms with van der Waals surface area (Å²) in [4.78, 5) is 27.8. The van der Waals surface area contributed by atoms with Gasteiger partial charge in [-0.3, -0.25) is 4.79 Å². The lowest BCUT2D eigenvalue weighted by Gasteiger charge is -2.27. The molecule has 150 valence electrons. The predicted octanol–water partition coefficient (Wildman–Crippen LogP) is 2.69. The molecule has 27 heavy (non-hydrogen) atoms. The summed E-state index contributed by atoms with van der Waals surface area (Å²) >= 11 is 1.57. The number of carbonyl (C=O) groups is 2. The van der Waals surface area contributed by atoms with Crippen molar-refractivity contribution in [2.24, 2.45) is 11.8 Å². The van der Waals surface area contributed by atoms with Crippen molar-refractivity contribution in [2.45, 2.75) is 59.3 Å². The van der Waals surface area contributed by atoms with Crippen molar-refractivity contribution in [3.63, 3.8) is 0 Å². The van der Waals surface area contributed by atoms with E-state index in [1.54, 1.807) is 11.3 Å². The van der Waals surface area contributed by atoms with Gasteiger partial charge in [0.2, 0.25) is 5.91 Å². The fourth-order valence-electron chi connectivity index (χ4n) is 4.16. The molecule has 1 aliphatic carbocycles. The van der Waals surface area contributed by atoms with E-state index in [2.05, 4.69) is 19.2 Å². The maximum absolute atomic E-state index is 12.6. The molecule has 0 spiro atoms. The quantitative estimate of drug-likeness (QED) is 0.731. The SMILES string of the molecule is CCOC(=O)c1c(NC(=O)CC[NH+]2CCC(C)CC2)sc2c1CC[C@H](C)C2. The maximum atomic E-state index is 12.6. The largest absolute Gasteiger partial charge is 0.462 e. The summed E-state index contributed by atoms with van der Waals surface area (Å²) in [6.07, 6.45) is 5.97. The third-order valence-corrected chi connectivity index (χ3v) is 7.10. The van der Waals surface area contributed by atoms with E-state index in [9.17, 15) is 9.59 Å².